The van der Waals surface area contributed by atoms with E-state index in [1.165, 1.54) is 41.3 Å². The minimum Gasteiger partial charge on any atom is -0.379 e. The number of aromatic nitrogens is 3. The van der Waals surface area contributed by atoms with Crippen molar-refractivity contribution in [1.82, 2.24) is 35.0 Å². The predicted octanol–water partition coefficient (Wildman–Crippen LogP) is 6.22. The fraction of sp³-hybridized carbons (Fsp3) is 0.630. The Bertz CT molecular complexity index is 2390. The summed E-state index contributed by atoms with van der Waals surface area (Å²) in [5, 5.41) is 11.2. The molecular formula is C54H76FN11O6S2. The van der Waals surface area contributed by atoms with Crippen LogP contribution >= 0.6 is 24.0 Å². The van der Waals surface area contributed by atoms with Crippen LogP contribution in [0.2, 0.25) is 0 Å². The zero-order valence-corrected chi connectivity index (χ0v) is 45.3. The van der Waals surface area contributed by atoms with E-state index < -0.39 is 6.04 Å². The molecule has 6 heterocycles. The van der Waals surface area contributed by atoms with Crippen molar-refractivity contribution in [1.29, 1.82) is 0 Å². The van der Waals surface area contributed by atoms with Gasteiger partial charge in [0.05, 0.1) is 46.8 Å². The number of aldehydes is 1. The minimum absolute atomic E-state index is 0.0131. The van der Waals surface area contributed by atoms with E-state index in [0.29, 0.717) is 62.2 Å². The lowest BCUT2D eigenvalue weighted by Gasteiger charge is -2.40. The molecule has 74 heavy (non-hydrogen) atoms. The average molecular weight is 1060 g/mol. The molecule has 1 aromatic carbocycles. The number of benzene rings is 1. The van der Waals surface area contributed by atoms with Gasteiger partial charge in [0.15, 0.2) is 0 Å². The van der Waals surface area contributed by atoms with Crippen molar-refractivity contribution in [2.45, 2.75) is 138 Å². The van der Waals surface area contributed by atoms with Crippen molar-refractivity contribution in [3.05, 3.63) is 58.7 Å². The number of ether oxygens (including phenoxy) is 2. The van der Waals surface area contributed by atoms with Crippen molar-refractivity contribution in [3.8, 4) is 0 Å². The molecule has 402 valence electrons. The fourth-order valence-corrected chi connectivity index (χ4v) is 12.1. The number of aryl methyl sites for hydroxylation is 1. The molecule has 4 aliphatic heterocycles. The highest BCUT2D eigenvalue weighted by Crippen LogP contribution is 2.42. The van der Waals surface area contributed by atoms with Gasteiger partial charge in [0.25, 0.3) is 0 Å². The van der Waals surface area contributed by atoms with Gasteiger partial charge in [-0.2, -0.15) is 4.98 Å². The van der Waals surface area contributed by atoms with Gasteiger partial charge in [0.1, 0.15) is 30.3 Å². The van der Waals surface area contributed by atoms with Gasteiger partial charge in [0, 0.05) is 102 Å². The molecule has 0 radical (unpaired) electrons. The Morgan fingerprint density at radius 1 is 0.986 bits per heavy atom. The van der Waals surface area contributed by atoms with Crippen LogP contribution in [0, 0.1) is 5.82 Å². The molecule has 3 saturated heterocycles. The zero-order chi connectivity index (χ0) is 52.2. The zero-order valence-electron chi connectivity index (χ0n) is 43.7. The monoisotopic (exact) mass is 1060 g/mol. The van der Waals surface area contributed by atoms with E-state index in [1.54, 1.807) is 11.9 Å². The second-order valence-electron chi connectivity index (χ2n) is 20.9. The fourth-order valence-electron chi connectivity index (χ4n) is 10.8. The smallest absolute Gasteiger partial charge is 0.248 e. The van der Waals surface area contributed by atoms with Gasteiger partial charge in [-0.25, -0.2) is 14.4 Å². The Kier molecular flexibility index (Phi) is 19.5. The summed E-state index contributed by atoms with van der Waals surface area (Å²) in [6.45, 7) is 11.7. The molecule has 17 nitrogen and oxygen atoms in total. The number of hydrogen-bond acceptors (Lipinski definition) is 16. The Balaban J connectivity index is 0.000000199. The molecule has 5 fully saturated rings. The standard InChI is InChI=1S/C30H44FN3O5S.C24H32N8OS/c1-4-38-25-6-8-26(9-7-25)39-19-30(37)34-13-11-21(12-14-34)27-15-22(23(20-40)16-28(27)31)17-33(3)24(18-35)5-10-29(36)32-2;1-24(6-2-7-24)29-22-21-19(5-12-34-21)27-23(28-22)32-10-8-31(9-11-32)20-4-3-17(13-25-20)26-18-14-30(15-18)16-33/h15-16,18,20-21,24-26H,4-14,17,19H2,1-3H3,(H,32,36);3-4,13,16,18,26H,2,5-12,14-15H2,1H3,(H,27,28,29). The van der Waals surface area contributed by atoms with Crippen LogP contribution in [0.3, 0.4) is 0 Å². The number of piperidine rings is 1. The number of rotatable bonds is 21. The van der Waals surface area contributed by atoms with Gasteiger partial charge in [-0.1, -0.05) is 18.3 Å². The summed E-state index contributed by atoms with van der Waals surface area (Å²) in [4.78, 5) is 72.9. The van der Waals surface area contributed by atoms with Crippen molar-refractivity contribution in [3.63, 3.8) is 0 Å². The number of likely N-dealkylation sites (N-methyl/N-ethyl adjacent to an activating group) is 1. The van der Waals surface area contributed by atoms with Crippen LogP contribution in [0.4, 0.5) is 27.7 Å². The first kappa shape index (κ1) is 55.2. The van der Waals surface area contributed by atoms with Crippen LogP contribution < -0.4 is 25.8 Å². The SMILES string of the molecule is CC1(Nc2nc(N3CCN(c4ccc(NC5CN(C=O)C5)cn4)CC3)nc3c2SCC3)CCC1.CCOC1CCC(OCC(=O)N2CCC(c3cc(CN(C)C(C=O)CCC(=O)NC)c(C=S)cc3F)CC2)CC1. The van der Waals surface area contributed by atoms with Crippen LogP contribution in [0.15, 0.2) is 35.4 Å². The van der Waals surface area contributed by atoms with Gasteiger partial charge >= 0.3 is 0 Å². The number of amides is 3. The number of thiocarbonyl (C=S) groups is 1. The number of fused-ring (bicyclic) bond motifs is 1. The molecule has 3 aromatic rings. The van der Waals surface area contributed by atoms with Crippen LogP contribution in [-0.4, -0.2) is 175 Å². The lowest BCUT2D eigenvalue weighted by Crippen LogP contribution is -2.53. The molecule has 0 spiro atoms. The summed E-state index contributed by atoms with van der Waals surface area (Å²) in [7, 11) is 3.38. The maximum absolute atomic E-state index is 15.2. The van der Waals surface area contributed by atoms with Crippen molar-refractivity contribution in [2.75, 3.05) is 106 Å². The number of nitrogens with one attached hydrogen (secondary N) is 3. The maximum atomic E-state index is 15.2. The molecule has 3 N–H and O–H groups in total. The summed E-state index contributed by atoms with van der Waals surface area (Å²) in [5.41, 5.74) is 4.45. The van der Waals surface area contributed by atoms with Crippen LogP contribution in [0.25, 0.3) is 0 Å². The number of carbonyl (C=O) groups is 4. The third-order valence-electron chi connectivity index (χ3n) is 15.7. The van der Waals surface area contributed by atoms with Crippen LogP contribution in [0.5, 0.6) is 0 Å². The molecule has 6 aliphatic rings. The van der Waals surface area contributed by atoms with Crippen LogP contribution in [0.1, 0.15) is 113 Å². The quantitative estimate of drug-likeness (QED) is 0.0809. The molecule has 1 atom stereocenters. The van der Waals surface area contributed by atoms with E-state index in [-0.39, 0.29) is 48.2 Å². The summed E-state index contributed by atoms with van der Waals surface area (Å²) in [6, 6.07) is 7.36. The van der Waals surface area contributed by atoms with Crippen LogP contribution in [-0.2, 0) is 41.6 Å². The number of piperazine rings is 1. The van der Waals surface area contributed by atoms with E-state index >= 15 is 4.39 Å². The largest absolute Gasteiger partial charge is 0.379 e. The van der Waals surface area contributed by atoms with Crippen molar-refractivity contribution in [2.24, 2.45) is 0 Å². The Labute approximate surface area is 445 Å². The first-order chi connectivity index (χ1) is 35.9. The second-order valence-corrected chi connectivity index (χ2v) is 22.2. The number of likely N-dealkylation sites (tertiary alicyclic amines) is 2. The molecule has 2 aliphatic carbocycles. The number of nitrogens with zero attached hydrogens (tertiary/aromatic N) is 8. The Morgan fingerprint density at radius 3 is 2.32 bits per heavy atom. The number of anilines is 4. The number of pyridine rings is 1. The maximum Gasteiger partial charge on any atom is 0.248 e. The Morgan fingerprint density at radius 2 is 1.70 bits per heavy atom. The van der Waals surface area contributed by atoms with Gasteiger partial charge < -0.3 is 49.8 Å². The molecule has 1 unspecified atom stereocenters. The van der Waals surface area contributed by atoms with E-state index in [9.17, 15) is 19.2 Å². The third-order valence-corrected chi connectivity index (χ3v) is 17.1. The molecule has 0 bridgehead atoms. The molecule has 2 aromatic heterocycles. The van der Waals surface area contributed by atoms with E-state index in [0.717, 1.165) is 125 Å². The Hall–Kier alpha value is -5.02. The van der Waals surface area contributed by atoms with Crippen molar-refractivity contribution >= 4 is 77.1 Å². The van der Waals surface area contributed by atoms with Gasteiger partial charge in [0.2, 0.25) is 24.2 Å². The average Bonchev–Trinajstić information content (AvgIpc) is 3.89. The molecule has 3 amide bonds. The van der Waals surface area contributed by atoms with E-state index in [1.807, 2.05) is 47.8 Å². The van der Waals surface area contributed by atoms with E-state index in [4.69, 9.17) is 31.7 Å². The number of hydrogen-bond donors (Lipinski definition) is 3. The highest BCUT2D eigenvalue weighted by atomic mass is 32.2. The normalized spacial score (nSPS) is 21.1. The lowest BCUT2D eigenvalue weighted by molar-refractivity contribution is -0.140. The van der Waals surface area contributed by atoms with Gasteiger partial charge in [-0.3, -0.25) is 19.3 Å². The summed E-state index contributed by atoms with van der Waals surface area (Å²) in [5.74, 6) is 3.55. The van der Waals surface area contributed by atoms with Crippen molar-refractivity contribution < 1.29 is 33.0 Å². The minimum atomic E-state index is -0.444. The number of thioether (sulfide) groups is 1. The first-order valence-corrected chi connectivity index (χ1v) is 28.2. The van der Waals surface area contributed by atoms with Gasteiger partial charge in [-0.05, 0) is 126 Å². The molecule has 20 heteroatoms. The molecular weight excluding hydrogens is 982 g/mol. The third kappa shape index (κ3) is 14.3. The summed E-state index contributed by atoms with van der Waals surface area (Å²) in [6.07, 6.45) is 14.5. The summed E-state index contributed by atoms with van der Waals surface area (Å²) >= 11 is 7.04. The highest BCUT2D eigenvalue weighted by Gasteiger charge is 2.35. The topological polar surface area (TPSA) is 178 Å². The first-order valence-electron chi connectivity index (χ1n) is 26.8. The number of halogens is 1. The molecule has 2 saturated carbocycles. The summed E-state index contributed by atoms with van der Waals surface area (Å²) < 4.78 is 26.8. The highest BCUT2D eigenvalue weighted by molar-refractivity contribution is 7.99. The second kappa shape index (κ2) is 26.2. The predicted molar refractivity (Wildman–Crippen MR) is 292 cm³/mol. The molecule has 9 rings (SSSR count). The lowest BCUT2D eigenvalue weighted by atomic mass is 9.78. The number of carbonyl (C=O) groups excluding carboxylic acids is 4. The van der Waals surface area contributed by atoms with E-state index in [2.05, 4.69) is 49.8 Å². The van der Waals surface area contributed by atoms with Gasteiger partial charge in [-0.15, -0.1) is 11.8 Å².